The number of nitrogens with zero attached hydrogens (tertiary/aromatic N) is 1. The van der Waals surface area contributed by atoms with E-state index in [9.17, 15) is 4.79 Å². The molecule has 3 nitrogen and oxygen atoms in total. The molecule has 3 rings (SSSR count). The highest BCUT2D eigenvalue weighted by atomic mass is 16.5. The minimum absolute atomic E-state index is 0.00431. The van der Waals surface area contributed by atoms with Crippen molar-refractivity contribution in [2.24, 2.45) is 0 Å². The molecule has 0 saturated carbocycles. The molecule has 1 saturated heterocycles. The number of morpholine rings is 1. The number of fused-ring (bicyclic) bond motifs is 1. The Hall–Kier alpha value is -2.13. The molecular formula is C17H17NO2. The van der Waals surface area contributed by atoms with E-state index in [1.165, 1.54) is 0 Å². The van der Waals surface area contributed by atoms with E-state index in [-0.39, 0.29) is 5.91 Å². The van der Waals surface area contributed by atoms with Crippen LogP contribution in [0.3, 0.4) is 0 Å². The molecule has 2 aromatic rings. The van der Waals surface area contributed by atoms with E-state index in [2.05, 4.69) is 6.58 Å². The first-order valence-electron chi connectivity index (χ1n) is 6.81. The summed E-state index contributed by atoms with van der Waals surface area (Å²) in [5.74, 6) is 0.00431. The fourth-order valence-electron chi connectivity index (χ4n) is 2.56. The summed E-state index contributed by atoms with van der Waals surface area (Å²) in [6, 6.07) is 14.0. The summed E-state index contributed by atoms with van der Waals surface area (Å²) in [4.78, 5) is 14.3. The van der Waals surface area contributed by atoms with Crippen LogP contribution < -0.4 is 0 Å². The van der Waals surface area contributed by atoms with Gasteiger partial charge in [-0.15, -0.1) is 0 Å². The largest absolute Gasteiger partial charge is 0.378 e. The zero-order valence-electron chi connectivity index (χ0n) is 11.3. The highest BCUT2D eigenvalue weighted by molar-refractivity contribution is 6.21. The maximum Gasteiger partial charge on any atom is 0.254 e. The number of carbonyl (C=O) groups excluding carboxylic acids is 1. The van der Waals surface area contributed by atoms with Crippen molar-refractivity contribution in [2.75, 3.05) is 26.3 Å². The first kappa shape index (κ1) is 12.9. The number of amides is 1. The van der Waals surface area contributed by atoms with Crippen molar-refractivity contribution >= 4 is 22.3 Å². The van der Waals surface area contributed by atoms with Crippen LogP contribution in [0.15, 0.2) is 49.0 Å². The van der Waals surface area contributed by atoms with Crippen LogP contribution in [0.2, 0.25) is 0 Å². The van der Waals surface area contributed by atoms with Gasteiger partial charge >= 0.3 is 0 Å². The van der Waals surface area contributed by atoms with Gasteiger partial charge in [0.05, 0.1) is 13.2 Å². The molecule has 0 unspecified atom stereocenters. The molecule has 0 bridgehead atoms. The predicted octanol–water partition coefficient (Wildman–Crippen LogP) is 2.71. The summed E-state index contributed by atoms with van der Waals surface area (Å²) < 4.78 is 5.28. The smallest absolute Gasteiger partial charge is 0.254 e. The van der Waals surface area contributed by atoms with Crippen LogP contribution in [0.4, 0.5) is 0 Å². The minimum Gasteiger partial charge on any atom is -0.378 e. The molecule has 1 amide bonds. The van der Waals surface area contributed by atoms with Crippen LogP contribution in [-0.2, 0) is 9.53 Å². The Morgan fingerprint density at radius 2 is 1.75 bits per heavy atom. The van der Waals surface area contributed by atoms with Gasteiger partial charge in [-0.3, -0.25) is 4.79 Å². The van der Waals surface area contributed by atoms with Gasteiger partial charge in [0.1, 0.15) is 0 Å². The van der Waals surface area contributed by atoms with Crippen molar-refractivity contribution in [2.45, 2.75) is 0 Å². The number of hydrogen-bond acceptors (Lipinski definition) is 2. The Morgan fingerprint density at radius 1 is 1.05 bits per heavy atom. The maximum atomic E-state index is 12.5. The van der Waals surface area contributed by atoms with E-state index in [1.54, 1.807) is 0 Å². The lowest BCUT2D eigenvalue weighted by molar-refractivity contribution is -0.128. The van der Waals surface area contributed by atoms with Gasteiger partial charge in [0.25, 0.3) is 5.91 Å². The van der Waals surface area contributed by atoms with Crippen LogP contribution in [-0.4, -0.2) is 37.1 Å². The Morgan fingerprint density at radius 3 is 2.55 bits per heavy atom. The van der Waals surface area contributed by atoms with Crippen LogP contribution in [0, 0.1) is 0 Å². The van der Waals surface area contributed by atoms with E-state index >= 15 is 0 Å². The first-order valence-corrected chi connectivity index (χ1v) is 6.81. The lowest BCUT2D eigenvalue weighted by Crippen LogP contribution is -2.40. The third-order valence-electron chi connectivity index (χ3n) is 3.67. The Balaban J connectivity index is 1.94. The summed E-state index contributed by atoms with van der Waals surface area (Å²) in [7, 11) is 0. The molecule has 102 valence electrons. The van der Waals surface area contributed by atoms with Gasteiger partial charge in [0, 0.05) is 18.7 Å². The monoisotopic (exact) mass is 267 g/mol. The average Bonchev–Trinajstić information content (AvgIpc) is 2.54. The highest BCUT2D eigenvalue weighted by Gasteiger charge is 2.21. The number of benzene rings is 2. The molecule has 3 heteroatoms. The van der Waals surface area contributed by atoms with Gasteiger partial charge in [-0.05, 0) is 16.3 Å². The number of hydrogen-bond donors (Lipinski definition) is 0. The fourth-order valence-corrected chi connectivity index (χ4v) is 2.56. The third kappa shape index (κ3) is 2.32. The second kappa shape index (κ2) is 5.47. The van der Waals surface area contributed by atoms with E-state index < -0.39 is 0 Å². The van der Waals surface area contributed by atoms with Gasteiger partial charge in [0.15, 0.2) is 0 Å². The third-order valence-corrected chi connectivity index (χ3v) is 3.67. The molecule has 0 spiro atoms. The summed E-state index contributed by atoms with van der Waals surface area (Å²) in [5, 5.41) is 2.20. The fraction of sp³-hybridized carbons (Fsp3) is 0.235. The van der Waals surface area contributed by atoms with Gasteiger partial charge < -0.3 is 9.64 Å². The predicted molar refractivity (Wildman–Crippen MR) is 80.4 cm³/mol. The average molecular weight is 267 g/mol. The normalized spacial score (nSPS) is 15.3. The lowest BCUT2D eigenvalue weighted by Gasteiger charge is -2.27. The lowest BCUT2D eigenvalue weighted by atomic mass is 9.98. The molecule has 1 aliphatic rings. The number of ether oxygens (including phenoxy) is 1. The minimum atomic E-state index is 0.00431. The molecule has 0 aromatic heterocycles. The van der Waals surface area contributed by atoms with Crippen LogP contribution in [0.25, 0.3) is 16.3 Å². The molecule has 2 aromatic carbocycles. The second-order valence-electron chi connectivity index (χ2n) is 4.91. The van der Waals surface area contributed by atoms with E-state index in [0.717, 1.165) is 16.3 Å². The molecular weight excluding hydrogens is 250 g/mol. The van der Waals surface area contributed by atoms with Crippen molar-refractivity contribution in [3.63, 3.8) is 0 Å². The highest BCUT2D eigenvalue weighted by Crippen LogP contribution is 2.25. The Bertz CT molecular complexity index is 652. The van der Waals surface area contributed by atoms with Crippen molar-refractivity contribution < 1.29 is 9.53 Å². The summed E-state index contributed by atoms with van der Waals surface area (Å²) in [5.41, 5.74) is 1.48. The van der Waals surface area contributed by atoms with E-state index in [1.807, 2.05) is 47.4 Å². The summed E-state index contributed by atoms with van der Waals surface area (Å²) in [6.45, 7) is 6.51. The van der Waals surface area contributed by atoms with Crippen LogP contribution in [0.5, 0.6) is 0 Å². The summed E-state index contributed by atoms with van der Waals surface area (Å²) >= 11 is 0. The van der Waals surface area contributed by atoms with Crippen molar-refractivity contribution in [3.05, 3.63) is 54.6 Å². The van der Waals surface area contributed by atoms with E-state index in [4.69, 9.17) is 4.74 Å². The SMILES string of the molecule is C=C(C(=O)N1CCOCC1)c1cccc2ccccc12. The molecule has 0 N–H and O–H groups in total. The zero-order chi connectivity index (χ0) is 13.9. The van der Waals surface area contributed by atoms with Gasteiger partial charge in [0.2, 0.25) is 0 Å². The zero-order valence-corrected chi connectivity index (χ0v) is 11.3. The molecule has 1 aliphatic heterocycles. The van der Waals surface area contributed by atoms with Gasteiger partial charge in [-0.2, -0.15) is 0 Å². The van der Waals surface area contributed by atoms with Crippen molar-refractivity contribution in [1.29, 1.82) is 0 Å². The maximum absolute atomic E-state index is 12.5. The van der Waals surface area contributed by atoms with E-state index in [0.29, 0.717) is 31.9 Å². The van der Waals surface area contributed by atoms with Crippen LogP contribution >= 0.6 is 0 Å². The molecule has 20 heavy (non-hydrogen) atoms. The van der Waals surface area contributed by atoms with Gasteiger partial charge in [-0.25, -0.2) is 0 Å². The number of rotatable bonds is 2. The number of carbonyl (C=O) groups is 1. The summed E-state index contributed by atoms with van der Waals surface area (Å²) in [6.07, 6.45) is 0. The van der Waals surface area contributed by atoms with Crippen molar-refractivity contribution in [1.82, 2.24) is 4.90 Å². The molecule has 0 radical (unpaired) electrons. The first-order chi connectivity index (χ1) is 9.77. The molecule has 0 atom stereocenters. The molecule has 0 aliphatic carbocycles. The Kier molecular flexibility index (Phi) is 3.52. The standard InChI is InChI=1S/C17H17NO2/c1-13(17(19)18-9-11-20-12-10-18)15-8-4-6-14-5-2-3-7-16(14)15/h2-8H,1,9-12H2. The quantitative estimate of drug-likeness (QED) is 0.783. The van der Waals surface area contributed by atoms with Crippen LogP contribution in [0.1, 0.15) is 5.56 Å². The second-order valence-corrected chi connectivity index (χ2v) is 4.91. The Labute approximate surface area is 118 Å². The molecule has 1 fully saturated rings. The topological polar surface area (TPSA) is 29.5 Å². The molecule has 1 heterocycles. The van der Waals surface area contributed by atoms with Crippen molar-refractivity contribution in [3.8, 4) is 0 Å². The van der Waals surface area contributed by atoms with Gasteiger partial charge in [-0.1, -0.05) is 49.0 Å².